The summed E-state index contributed by atoms with van der Waals surface area (Å²) in [5.41, 5.74) is 1.55. The van der Waals surface area contributed by atoms with Crippen molar-refractivity contribution in [2.45, 2.75) is 4.21 Å². The third-order valence-corrected chi connectivity index (χ3v) is 5.39. The molecule has 0 spiro atoms. The Kier molecular flexibility index (Phi) is 2.96. The Morgan fingerprint density at radius 2 is 2.20 bits per heavy atom. The fourth-order valence-electron chi connectivity index (χ4n) is 0.891. The molecule has 0 bridgehead atoms. The topological polar surface area (TPSA) is 59.1 Å². The number of hydrogen-bond acceptors (Lipinski definition) is 5. The second-order valence-electron chi connectivity index (χ2n) is 2.53. The highest BCUT2D eigenvalue weighted by atomic mass is 35.5. The fourth-order valence-corrected chi connectivity index (χ4v) is 4.18. The van der Waals surface area contributed by atoms with Crippen LogP contribution >= 0.6 is 34.3 Å². The van der Waals surface area contributed by atoms with Crippen molar-refractivity contribution in [3.05, 3.63) is 28.2 Å². The van der Waals surface area contributed by atoms with Gasteiger partial charge >= 0.3 is 0 Å². The lowest BCUT2D eigenvalue weighted by molar-refractivity contribution is 0.603. The lowest BCUT2D eigenvalue weighted by Gasteiger charge is -2.01. The van der Waals surface area contributed by atoms with Crippen molar-refractivity contribution in [1.29, 1.82) is 0 Å². The molecule has 2 aromatic heterocycles. The number of nitrogens with zero attached hydrogens (tertiary/aromatic N) is 1. The zero-order chi connectivity index (χ0) is 10.9. The Bertz CT molecular complexity index is 547. The Hall–Kier alpha value is -0.630. The smallest absolute Gasteiger partial charge is 0.268 e. The largest absolute Gasteiger partial charge is 0.272 e. The predicted molar refractivity (Wildman–Crippen MR) is 62.3 cm³/mol. The first-order chi connectivity index (χ1) is 7.08. The highest BCUT2D eigenvalue weighted by Gasteiger charge is 2.17. The normalized spacial score (nSPS) is 11.5. The number of thiophene rings is 1. The van der Waals surface area contributed by atoms with Gasteiger partial charge in [0.1, 0.15) is 9.21 Å². The minimum atomic E-state index is -3.51. The SMILES string of the molecule is O=S(=O)(Nc1cncs1)c1ccc(Cl)s1. The van der Waals surface area contributed by atoms with E-state index in [1.165, 1.54) is 23.6 Å². The maximum absolute atomic E-state index is 11.7. The lowest BCUT2D eigenvalue weighted by Crippen LogP contribution is -2.10. The summed E-state index contributed by atoms with van der Waals surface area (Å²) in [7, 11) is -3.51. The van der Waals surface area contributed by atoms with Crippen LogP contribution in [0.5, 0.6) is 0 Å². The van der Waals surface area contributed by atoms with Crippen LogP contribution < -0.4 is 4.72 Å². The number of nitrogens with one attached hydrogen (secondary N) is 1. The van der Waals surface area contributed by atoms with Crippen LogP contribution in [0.4, 0.5) is 5.00 Å². The van der Waals surface area contributed by atoms with Crippen molar-refractivity contribution < 1.29 is 8.42 Å². The average molecular weight is 281 g/mol. The molecule has 0 aliphatic rings. The molecule has 2 rings (SSSR count). The maximum Gasteiger partial charge on any atom is 0.272 e. The van der Waals surface area contributed by atoms with Gasteiger partial charge in [-0.05, 0) is 12.1 Å². The summed E-state index contributed by atoms with van der Waals surface area (Å²) < 4.78 is 26.5. The molecular weight excluding hydrogens is 276 g/mol. The second kappa shape index (κ2) is 4.09. The summed E-state index contributed by atoms with van der Waals surface area (Å²) in [5.74, 6) is 0. The number of aromatic nitrogens is 1. The highest BCUT2D eigenvalue weighted by Crippen LogP contribution is 2.27. The van der Waals surface area contributed by atoms with Crippen molar-refractivity contribution in [2.75, 3.05) is 4.72 Å². The number of thiazole rings is 1. The van der Waals surface area contributed by atoms with Crippen LogP contribution in [0.15, 0.2) is 28.0 Å². The van der Waals surface area contributed by atoms with Crippen LogP contribution in [0.2, 0.25) is 4.34 Å². The quantitative estimate of drug-likeness (QED) is 0.940. The number of hydrogen-bond donors (Lipinski definition) is 1. The molecule has 15 heavy (non-hydrogen) atoms. The van der Waals surface area contributed by atoms with Crippen LogP contribution in [0.25, 0.3) is 0 Å². The van der Waals surface area contributed by atoms with E-state index in [2.05, 4.69) is 9.71 Å². The molecule has 0 aliphatic carbocycles. The van der Waals surface area contributed by atoms with Gasteiger partial charge in [-0.1, -0.05) is 11.6 Å². The van der Waals surface area contributed by atoms with Gasteiger partial charge in [0.15, 0.2) is 0 Å². The van der Waals surface area contributed by atoms with Crippen molar-refractivity contribution in [3.63, 3.8) is 0 Å². The minimum absolute atomic E-state index is 0.195. The summed E-state index contributed by atoms with van der Waals surface area (Å²) in [5, 5.41) is 0.486. The van der Waals surface area contributed by atoms with Crippen LogP contribution in [0.1, 0.15) is 0 Å². The van der Waals surface area contributed by atoms with Gasteiger partial charge in [-0.3, -0.25) is 9.71 Å². The summed E-state index contributed by atoms with van der Waals surface area (Å²) in [4.78, 5) is 3.77. The molecule has 0 amide bonds. The van der Waals surface area contributed by atoms with Crippen LogP contribution in [-0.4, -0.2) is 13.4 Å². The van der Waals surface area contributed by atoms with Crippen molar-refractivity contribution in [2.24, 2.45) is 0 Å². The van der Waals surface area contributed by atoms with Gasteiger partial charge in [-0.25, -0.2) is 8.42 Å². The summed E-state index contributed by atoms with van der Waals surface area (Å²) >= 11 is 7.90. The third-order valence-electron chi connectivity index (χ3n) is 1.48. The molecular formula is C7H5ClN2O2S3. The first-order valence-electron chi connectivity index (χ1n) is 3.74. The average Bonchev–Trinajstić information content (AvgIpc) is 2.75. The van der Waals surface area contributed by atoms with Crippen molar-refractivity contribution in [3.8, 4) is 0 Å². The molecule has 2 heterocycles. The van der Waals surface area contributed by atoms with Crippen LogP contribution in [0.3, 0.4) is 0 Å². The van der Waals surface area contributed by atoms with Gasteiger partial charge in [-0.15, -0.1) is 22.7 Å². The van der Waals surface area contributed by atoms with Gasteiger partial charge < -0.3 is 0 Å². The Morgan fingerprint density at radius 1 is 1.40 bits per heavy atom. The molecule has 4 nitrogen and oxygen atoms in total. The zero-order valence-corrected chi connectivity index (χ0v) is 10.4. The Balaban J connectivity index is 2.28. The highest BCUT2D eigenvalue weighted by molar-refractivity contribution is 7.95. The molecule has 80 valence electrons. The van der Waals surface area contributed by atoms with E-state index in [9.17, 15) is 8.42 Å². The van der Waals surface area contributed by atoms with Gasteiger partial charge in [0, 0.05) is 0 Å². The number of sulfonamides is 1. The summed E-state index contributed by atoms with van der Waals surface area (Å²) in [6.45, 7) is 0. The molecule has 1 N–H and O–H groups in total. The molecule has 0 aromatic carbocycles. The van der Waals surface area contributed by atoms with Crippen molar-refractivity contribution >= 4 is 49.3 Å². The van der Waals surface area contributed by atoms with E-state index in [-0.39, 0.29) is 4.21 Å². The van der Waals surface area contributed by atoms with Gasteiger partial charge in [0.05, 0.1) is 16.0 Å². The third kappa shape index (κ3) is 2.49. The molecule has 0 aliphatic heterocycles. The van der Waals surface area contributed by atoms with Gasteiger partial charge in [0.25, 0.3) is 10.0 Å². The summed E-state index contributed by atoms with van der Waals surface area (Å²) in [6, 6.07) is 3.02. The summed E-state index contributed by atoms with van der Waals surface area (Å²) in [6.07, 6.45) is 1.46. The number of anilines is 1. The fraction of sp³-hybridized carbons (Fsp3) is 0. The molecule has 2 aromatic rings. The van der Waals surface area contributed by atoms with Crippen molar-refractivity contribution in [1.82, 2.24) is 4.98 Å². The second-order valence-corrected chi connectivity index (χ2v) is 7.04. The number of halogens is 1. The zero-order valence-electron chi connectivity index (χ0n) is 7.18. The Labute approximate surface area is 99.6 Å². The standard InChI is InChI=1S/C7H5ClN2O2S3/c8-5-1-2-7(14-5)15(11,12)10-6-3-9-4-13-6/h1-4,10H. The molecule has 0 fully saturated rings. The molecule has 0 saturated carbocycles. The Morgan fingerprint density at radius 3 is 2.73 bits per heavy atom. The molecule has 0 atom stereocenters. The lowest BCUT2D eigenvalue weighted by atomic mass is 10.7. The number of rotatable bonds is 3. The van der Waals surface area contributed by atoms with Crippen LogP contribution in [-0.2, 0) is 10.0 Å². The molecule has 8 heteroatoms. The molecule has 0 radical (unpaired) electrons. The monoisotopic (exact) mass is 280 g/mol. The van der Waals surface area contributed by atoms with Gasteiger partial charge in [-0.2, -0.15) is 0 Å². The van der Waals surface area contributed by atoms with Crippen LogP contribution in [0, 0.1) is 0 Å². The first-order valence-corrected chi connectivity index (χ1v) is 7.30. The van der Waals surface area contributed by atoms with E-state index >= 15 is 0 Å². The van der Waals surface area contributed by atoms with E-state index in [4.69, 9.17) is 11.6 Å². The molecule has 0 unspecified atom stereocenters. The minimum Gasteiger partial charge on any atom is -0.268 e. The first kappa shape index (κ1) is 10.9. The van der Waals surface area contributed by atoms with E-state index in [0.29, 0.717) is 9.34 Å². The maximum atomic E-state index is 11.7. The van der Waals surface area contributed by atoms with E-state index < -0.39 is 10.0 Å². The molecule has 0 saturated heterocycles. The van der Waals surface area contributed by atoms with E-state index in [1.54, 1.807) is 11.6 Å². The van der Waals surface area contributed by atoms with E-state index in [1.807, 2.05) is 0 Å². The predicted octanol–water partition coefficient (Wildman–Crippen LogP) is 2.66. The van der Waals surface area contributed by atoms with E-state index in [0.717, 1.165) is 11.3 Å². The van der Waals surface area contributed by atoms with Gasteiger partial charge in [0.2, 0.25) is 0 Å².